The smallest absolute Gasteiger partial charge is 0.475 e. The van der Waals surface area contributed by atoms with Gasteiger partial charge in [0.05, 0.1) is 30.0 Å². The summed E-state index contributed by atoms with van der Waals surface area (Å²) in [5, 5.41) is 0. The van der Waals surface area contributed by atoms with Crippen molar-refractivity contribution in [2.75, 3.05) is 19.8 Å². The second-order valence-corrected chi connectivity index (χ2v) is 14.8. The van der Waals surface area contributed by atoms with E-state index < -0.39 is 36.3 Å². The van der Waals surface area contributed by atoms with Crippen LogP contribution in [0.25, 0.3) is 0 Å². The summed E-state index contributed by atoms with van der Waals surface area (Å²) in [7, 11) is -4.03. The molecule has 1 atom stereocenters. The van der Waals surface area contributed by atoms with Crippen LogP contribution in [-0.2, 0) is 41.9 Å². The molecular weight excluding hydrogens is 594 g/mol. The van der Waals surface area contributed by atoms with Crippen LogP contribution in [0.15, 0.2) is 53.5 Å². The highest BCUT2D eigenvalue weighted by Crippen LogP contribution is 2.56. The van der Waals surface area contributed by atoms with Gasteiger partial charge in [0.2, 0.25) is 0 Å². The number of aryl methyl sites for hydroxylation is 2. The predicted octanol–water partition coefficient (Wildman–Crippen LogP) is 9.37. The highest BCUT2D eigenvalue weighted by molar-refractivity contribution is 7.48. The normalized spacial score (nSPS) is 17.8. The molecule has 0 N–H and O–H groups in total. The van der Waals surface area contributed by atoms with E-state index in [1.54, 1.807) is 54.5 Å². The van der Waals surface area contributed by atoms with E-state index >= 15 is 0 Å². The highest BCUT2D eigenvalue weighted by Gasteiger charge is 2.43. The highest BCUT2D eigenvalue weighted by atomic mass is 31.2. The van der Waals surface area contributed by atoms with Crippen LogP contribution in [0.2, 0.25) is 0 Å². The lowest BCUT2D eigenvalue weighted by molar-refractivity contribution is -0.139. The summed E-state index contributed by atoms with van der Waals surface area (Å²) in [6.45, 7) is 12.3. The third kappa shape index (κ3) is 12.2. The van der Waals surface area contributed by atoms with E-state index in [4.69, 9.17) is 23.0 Å². The molecule has 0 spiro atoms. The zero-order valence-electron chi connectivity index (χ0n) is 27.0. The second kappa shape index (κ2) is 14.8. The number of hydrogen-bond donors (Lipinski definition) is 0. The maximum atomic E-state index is 14.0. The van der Waals surface area contributed by atoms with Gasteiger partial charge >= 0.3 is 14.0 Å². The average molecular weight is 642 g/mol. The van der Waals surface area contributed by atoms with Crippen molar-refractivity contribution in [1.82, 2.24) is 0 Å². The molecule has 0 saturated carbocycles. The summed E-state index contributed by atoms with van der Waals surface area (Å²) in [5.41, 5.74) is -1.72. The molecule has 1 aliphatic rings. The third-order valence-electron chi connectivity index (χ3n) is 6.65. The lowest BCUT2D eigenvalue weighted by Crippen LogP contribution is -2.36. The Morgan fingerprint density at radius 2 is 1.55 bits per heavy atom. The summed E-state index contributed by atoms with van der Waals surface area (Å²) < 4.78 is 84.2. The van der Waals surface area contributed by atoms with Gasteiger partial charge in [0.1, 0.15) is 17.9 Å². The number of aliphatic imine (C=N–C) groups is 1. The Bertz CT molecular complexity index is 1270. The topological polar surface area (TPSA) is 75.6 Å². The van der Waals surface area contributed by atoms with Crippen molar-refractivity contribution in [3.63, 3.8) is 0 Å². The number of phosphoric acid groups is 1. The molecule has 2 aromatic carbocycles. The standard InChI is InChI=1S/C33H47F3NO6P/c1-25-37-32(23-40-25,24-41-44(38,42-30(2,3)4)43-31(5,6)7)20-19-27-17-18-29(28(22-27)33(34,35)36)39-21-13-9-12-16-26-14-10-8-11-15-26/h8,10-11,14-15,17-18,22H,9,12-13,16,19-21,23-24H2,1-7H3. The molecular formula is C33H47F3NO6P. The fraction of sp³-hybridized carbons (Fsp3) is 0.606. The minimum atomic E-state index is -4.58. The minimum Gasteiger partial charge on any atom is -0.493 e. The van der Waals surface area contributed by atoms with Crippen LogP contribution in [0.1, 0.15) is 90.8 Å². The predicted molar refractivity (Wildman–Crippen MR) is 166 cm³/mol. The molecule has 0 aromatic heterocycles. The van der Waals surface area contributed by atoms with Gasteiger partial charge in [0.25, 0.3) is 0 Å². The molecule has 1 unspecified atom stereocenters. The summed E-state index contributed by atoms with van der Waals surface area (Å²) in [4.78, 5) is 4.59. The van der Waals surface area contributed by atoms with Crippen molar-refractivity contribution in [2.24, 2.45) is 4.99 Å². The molecule has 1 heterocycles. The Morgan fingerprint density at radius 3 is 2.11 bits per heavy atom. The van der Waals surface area contributed by atoms with Gasteiger partial charge < -0.3 is 9.47 Å². The van der Waals surface area contributed by atoms with Crippen LogP contribution in [-0.4, -0.2) is 42.5 Å². The number of hydrogen-bond acceptors (Lipinski definition) is 7. The van der Waals surface area contributed by atoms with Crippen molar-refractivity contribution in [2.45, 2.75) is 110 Å². The number of alkyl halides is 3. The number of nitrogens with zero attached hydrogens (tertiary/aromatic N) is 1. The second-order valence-electron chi connectivity index (χ2n) is 13.2. The summed E-state index contributed by atoms with van der Waals surface area (Å²) in [6, 6.07) is 14.2. The average Bonchev–Trinajstić information content (AvgIpc) is 3.27. The monoisotopic (exact) mass is 641 g/mol. The molecule has 44 heavy (non-hydrogen) atoms. The number of unbranched alkanes of at least 4 members (excludes halogenated alkanes) is 2. The Morgan fingerprint density at radius 1 is 0.886 bits per heavy atom. The molecule has 2 aromatic rings. The Balaban J connectivity index is 1.65. The molecule has 3 rings (SSSR count). The Kier molecular flexibility index (Phi) is 12.1. The van der Waals surface area contributed by atoms with Crippen molar-refractivity contribution in [3.8, 4) is 5.75 Å². The van der Waals surface area contributed by atoms with Gasteiger partial charge in [-0.2, -0.15) is 13.2 Å². The molecule has 0 radical (unpaired) electrons. The van der Waals surface area contributed by atoms with Gasteiger partial charge in [0, 0.05) is 6.92 Å². The molecule has 0 saturated heterocycles. The first-order chi connectivity index (χ1) is 20.4. The molecule has 0 fully saturated rings. The molecule has 11 heteroatoms. The van der Waals surface area contributed by atoms with Crippen LogP contribution in [0, 0.1) is 0 Å². The molecule has 0 bridgehead atoms. The Hall–Kier alpha value is -2.39. The molecule has 0 aliphatic carbocycles. The van der Waals surface area contributed by atoms with Crippen LogP contribution in [0.5, 0.6) is 5.75 Å². The van der Waals surface area contributed by atoms with E-state index in [0.717, 1.165) is 25.3 Å². The maximum Gasteiger partial charge on any atom is 0.475 e. The number of benzene rings is 2. The Labute approximate surface area is 260 Å². The zero-order chi connectivity index (χ0) is 32.7. The van der Waals surface area contributed by atoms with Crippen LogP contribution in [0.3, 0.4) is 0 Å². The lowest BCUT2D eigenvalue weighted by Gasteiger charge is -2.33. The van der Waals surface area contributed by atoms with Crippen LogP contribution in [0.4, 0.5) is 13.2 Å². The first kappa shape index (κ1) is 36.1. The fourth-order valence-electron chi connectivity index (χ4n) is 4.74. The van der Waals surface area contributed by atoms with Gasteiger partial charge in [-0.05, 0) is 103 Å². The van der Waals surface area contributed by atoms with Gasteiger partial charge in [-0.25, -0.2) is 9.56 Å². The quantitative estimate of drug-likeness (QED) is 0.143. The van der Waals surface area contributed by atoms with Crippen molar-refractivity contribution >= 4 is 13.7 Å². The molecule has 0 amide bonds. The van der Waals surface area contributed by atoms with Gasteiger partial charge in [-0.3, -0.25) is 13.6 Å². The molecule has 1 aliphatic heterocycles. The summed E-state index contributed by atoms with van der Waals surface area (Å²) >= 11 is 0. The van der Waals surface area contributed by atoms with Crippen molar-refractivity contribution < 1.29 is 40.8 Å². The van der Waals surface area contributed by atoms with Crippen molar-refractivity contribution in [3.05, 3.63) is 65.2 Å². The first-order valence-electron chi connectivity index (χ1n) is 15.1. The van der Waals surface area contributed by atoms with Crippen LogP contribution < -0.4 is 4.74 Å². The van der Waals surface area contributed by atoms with Gasteiger partial charge in [-0.15, -0.1) is 0 Å². The van der Waals surface area contributed by atoms with E-state index in [1.165, 1.54) is 11.6 Å². The largest absolute Gasteiger partial charge is 0.493 e. The van der Waals surface area contributed by atoms with E-state index in [9.17, 15) is 17.7 Å². The fourth-order valence-corrected chi connectivity index (χ4v) is 6.63. The number of halogens is 3. The van der Waals surface area contributed by atoms with E-state index in [2.05, 4.69) is 17.1 Å². The van der Waals surface area contributed by atoms with Crippen LogP contribution >= 0.6 is 7.82 Å². The summed E-state index contributed by atoms with van der Waals surface area (Å²) in [5.74, 6) is 0.237. The lowest BCUT2D eigenvalue weighted by atomic mass is 9.93. The van der Waals surface area contributed by atoms with Crippen molar-refractivity contribution in [1.29, 1.82) is 0 Å². The minimum absolute atomic E-state index is 0.126. The third-order valence-corrected chi connectivity index (χ3v) is 8.63. The number of ether oxygens (including phenoxy) is 2. The zero-order valence-corrected chi connectivity index (χ0v) is 27.9. The van der Waals surface area contributed by atoms with E-state index in [1.807, 2.05) is 18.2 Å². The number of phosphoric ester groups is 1. The summed E-state index contributed by atoms with van der Waals surface area (Å²) in [6.07, 6.45) is -0.662. The SMILES string of the molecule is CC1=NC(CCc2ccc(OCCCCCc3ccccc3)c(C(F)(F)F)c2)(COP(=O)(OC(C)(C)C)OC(C)(C)C)CO1. The van der Waals surface area contributed by atoms with Gasteiger partial charge in [-0.1, -0.05) is 36.4 Å². The van der Waals surface area contributed by atoms with Gasteiger partial charge in [0.15, 0.2) is 5.90 Å². The number of rotatable bonds is 15. The van der Waals surface area contributed by atoms with E-state index in [-0.39, 0.29) is 38.4 Å². The van der Waals surface area contributed by atoms with E-state index in [0.29, 0.717) is 17.9 Å². The maximum absolute atomic E-state index is 14.0. The molecule has 246 valence electrons. The molecule has 7 nitrogen and oxygen atoms in total. The first-order valence-corrected chi connectivity index (χ1v) is 16.6.